The van der Waals surface area contributed by atoms with Crippen LogP contribution in [0.1, 0.15) is 39.5 Å². The second kappa shape index (κ2) is 8.47. The highest BCUT2D eigenvalue weighted by Crippen LogP contribution is 2.07. The molecule has 0 saturated heterocycles. The van der Waals surface area contributed by atoms with Gasteiger partial charge in [0.2, 0.25) is 5.91 Å². The van der Waals surface area contributed by atoms with Crippen molar-refractivity contribution in [1.82, 2.24) is 5.32 Å². The molecule has 0 fully saturated rings. The summed E-state index contributed by atoms with van der Waals surface area (Å²) in [7, 11) is 0. The monoisotopic (exact) mass is 274 g/mol. The smallest absolute Gasteiger partial charge is 0.326 e. The van der Waals surface area contributed by atoms with Crippen LogP contribution in [0.25, 0.3) is 0 Å². The summed E-state index contributed by atoms with van der Waals surface area (Å²) in [6, 6.07) is -1.85. The van der Waals surface area contributed by atoms with Crippen LogP contribution in [-0.2, 0) is 14.4 Å². The molecule has 110 valence electrons. The van der Waals surface area contributed by atoms with Crippen LogP contribution in [0.5, 0.6) is 0 Å². The molecule has 0 saturated carbocycles. The number of carboxylic acid groups (broad SMARTS) is 2. The molecule has 0 bridgehead atoms. The van der Waals surface area contributed by atoms with Crippen molar-refractivity contribution >= 4 is 17.8 Å². The van der Waals surface area contributed by atoms with Crippen molar-refractivity contribution in [3.63, 3.8) is 0 Å². The first-order valence-corrected chi connectivity index (χ1v) is 6.30. The lowest BCUT2D eigenvalue weighted by Crippen LogP contribution is -2.50. The molecule has 0 heterocycles. The molecule has 0 aromatic carbocycles. The van der Waals surface area contributed by atoms with Crippen LogP contribution in [-0.4, -0.2) is 40.1 Å². The van der Waals surface area contributed by atoms with Gasteiger partial charge < -0.3 is 21.3 Å². The van der Waals surface area contributed by atoms with E-state index in [-0.39, 0.29) is 25.2 Å². The van der Waals surface area contributed by atoms with Gasteiger partial charge in [-0.25, -0.2) is 4.79 Å². The Kier molecular flexibility index (Phi) is 7.74. The average Bonchev–Trinajstić information content (AvgIpc) is 2.34. The van der Waals surface area contributed by atoms with Crippen molar-refractivity contribution < 1.29 is 24.6 Å². The number of hydrogen-bond acceptors (Lipinski definition) is 4. The van der Waals surface area contributed by atoms with E-state index in [1.165, 1.54) is 0 Å². The lowest BCUT2D eigenvalue weighted by atomic mass is 9.99. The van der Waals surface area contributed by atoms with Gasteiger partial charge in [-0.05, 0) is 18.8 Å². The van der Waals surface area contributed by atoms with E-state index in [0.717, 1.165) is 0 Å². The minimum atomic E-state index is -1.19. The van der Waals surface area contributed by atoms with E-state index in [2.05, 4.69) is 5.32 Å². The molecule has 1 amide bonds. The zero-order chi connectivity index (χ0) is 15.0. The summed E-state index contributed by atoms with van der Waals surface area (Å²) in [5.41, 5.74) is 5.70. The van der Waals surface area contributed by atoms with Crippen LogP contribution in [0.15, 0.2) is 0 Å². The van der Waals surface area contributed by atoms with Crippen LogP contribution in [0.4, 0.5) is 0 Å². The molecule has 5 N–H and O–H groups in total. The molecule has 1 unspecified atom stereocenters. The van der Waals surface area contributed by atoms with Gasteiger partial charge in [0.05, 0.1) is 6.04 Å². The Hall–Kier alpha value is -1.63. The van der Waals surface area contributed by atoms with Crippen LogP contribution in [0.2, 0.25) is 0 Å². The Balaban J connectivity index is 4.37. The quantitative estimate of drug-likeness (QED) is 0.474. The van der Waals surface area contributed by atoms with E-state index in [4.69, 9.17) is 15.9 Å². The fourth-order valence-corrected chi connectivity index (χ4v) is 1.50. The second-order valence-corrected chi connectivity index (χ2v) is 4.60. The highest BCUT2D eigenvalue weighted by Gasteiger charge is 2.25. The van der Waals surface area contributed by atoms with Gasteiger partial charge >= 0.3 is 11.9 Å². The van der Waals surface area contributed by atoms with Crippen molar-refractivity contribution in [2.75, 3.05) is 0 Å². The number of nitrogens with one attached hydrogen (secondary N) is 1. The maximum atomic E-state index is 11.7. The molecule has 7 nitrogen and oxygen atoms in total. The molecule has 7 heteroatoms. The Morgan fingerprint density at radius 1 is 1.26 bits per heavy atom. The minimum absolute atomic E-state index is 0.0477. The highest BCUT2D eigenvalue weighted by atomic mass is 16.4. The summed E-state index contributed by atoms with van der Waals surface area (Å²) in [5, 5.41) is 19.8. The number of carboxylic acids is 2. The van der Waals surface area contributed by atoms with Gasteiger partial charge in [-0.1, -0.05) is 20.3 Å². The Labute approximate surface area is 112 Å². The molecule has 0 aliphatic rings. The van der Waals surface area contributed by atoms with E-state index in [1.54, 1.807) is 0 Å². The highest BCUT2D eigenvalue weighted by molar-refractivity contribution is 5.86. The Morgan fingerprint density at radius 2 is 1.84 bits per heavy atom. The summed E-state index contributed by atoms with van der Waals surface area (Å²) in [5.74, 6) is -2.74. The Bertz CT molecular complexity index is 332. The zero-order valence-corrected chi connectivity index (χ0v) is 11.3. The van der Waals surface area contributed by atoms with Crippen molar-refractivity contribution in [2.45, 2.75) is 51.6 Å². The number of nitrogens with two attached hydrogens (primary N) is 1. The summed E-state index contributed by atoms with van der Waals surface area (Å²) in [4.78, 5) is 33.1. The minimum Gasteiger partial charge on any atom is -0.481 e. The third-order valence-corrected chi connectivity index (χ3v) is 3.06. The van der Waals surface area contributed by atoms with Crippen LogP contribution >= 0.6 is 0 Å². The van der Waals surface area contributed by atoms with Crippen molar-refractivity contribution in [3.8, 4) is 0 Å². The van der Waals surface area contributed by atoms with E-state index >= 15 is 0 Å². The Morgan fingerprint density at radius 3 is 2.26 bits per heavy atom. The lowest BCUT2D eigenvalue weighted by molar-refractivity contribution is -0.143. The molecule has 0 aliphatic carbocycles. The number of rotatable bonds is 9. The van der Waals surface area contributed by atoms with E-state index in [1.807, 2.05) is 13.8 Å². The third kappa shape index (κ3) is 6.76. The molecule has 0 aromatic rings. The molecule has 0 rings (SSSR count). The van der Waals surface area contributed by atoms with Gasteiger partial charge in [0, 0.05) is 6.42 Å². The zero-order valence-electron chi connectivity index (χ0n) is 11.3. The summed E-state index contributed by atoms with van der Waals surface area (Å²) < 4.78 is 0. The van der Waals surface area contributed by atoms with Gasteiger partial charge in [-0.2, -0.15) is 0 Å². The van der Waals surface area contributed by atoms with Crippen molar-refractivity contribution in [2.24, 2.45) is 11.7 Å². The molecule has 0 spiro atoms. The van der Waals surface area contributed by atoms with Gasteiger partial charge in [0.1, 0.15) is 6.04 Å². The maximum Gasteiger partial charge on any atom is 0.326 e. The maximum absolute atomic E-state index is 11.7. The predicted molar refractivity (Wildman–Crippen MR) is 68.5 cm³/mol. The first-order chi connectivity index (χ1) is 8.79. The van der Waals surface area contributed by atoms with Crippen LogP contribution < -0.4 is 11.1 Å². The molecular weight excluding hydrogens is 252 g/mol. The molecular formula is C12H22N2O5. The molecule has 3 atom stereocenters. The standard InChI is InChI=1S/C12H22N2O5/c1-3-7(2)10(13)11(17)14-8(12(18)19)5-4-6-9(15)16/h7-8,10H,3-6,13H2,1-2H3,(H,14,17)(H,15,16)(H,18,19)/t7?,8-,10+/m1/s1. The van der Waals surface area contributed by atoms with Crippen LogP contribution in [0.3, 0.4) is 0 Å². The molecule has 19 heavy (non-hydrogen) atoms. The molecule has 0 aromatic heterocycles. The topological polar surface area (TPSA) is 130 Å². The van der Waals surface area contributed by atoms with E-state index in [0.29, 0.717) is 6.42 Å². The lowest BCUT2D eigenvalue weighted by Gasteiger charge is -2.21. The van der Waals surface area contributed by atoms with Crippen molar-refractivity contribution in [1.29, 1.82) is 0 Å². The van der Waals surface area contributed by atoms with Gasteiger partial charge in [0.15, 0.2) is 0 Å². The predicted octanol–water partition coefficient (Wildman–Crippen LogP) is 0.184. The SMILES string of the molecule is CCC(C)[C@H](N)C(=O)N[C@H](CCCC(=O)O)C(=O)O. The normalized spacial score (nSPS) is 15.3. The van der Waals surface area contributed by atoms with E-state index in [9.17, 15) is 14.4 Å². The van der Waals surface area contributed by atoms with Gasteiger partial charge in [-0.15, -0.1) is 0 Å². The van der Waals surface area contributed by atoms with E-state index < -0.39 is 29.9 Å². The van der Waals surface area contributed by atoms with Gasteiger partial charge in [-0.3, -0.25) is 9.59 Å². The first kappa shape index (κ1) is 17.4. The largest absolute Gasteiger partial charge is 0.481 e. The number of hydrogen-bond donors (Lipinski definition) is 4. The fraction of sp³-hybridized carbons (Fsp3) is 0.750. The average molecular weight is 274 g/mol. The number of aliphatic carboxylic acids is 2. The molecule has 0 radical (unpaired) electrons. The summed E-state index contributed by atoms with van der Waals surface area (Å²) in [6.45, 7) is 3.70. The number of carbonyl (C=O) groups is 3. The molecule has 0 aliphatic heterocycles. The summed E-state index contributed by atoms with van der Waals surface area (Å²) >= 11 is 0. The first-order valence-electron chi connectivity index (χ1n) is 6.30. The van der Waals surface area contributed by atoms with Gasteiger partial charge in [0.25, 0.3) is 0 Å². The number of carbonyl (C=O) groups excluding carboxylic acids is 1. The second-order valence-electron chi connectivity index (χ2n) is 4.60. The summed E-state index contributed by atoms with van der Waals surface area (Å²) in [6.07, 6.45) is 0.841. The third-order valence-electron chi connectivity index (χ3n) is 3.06. The van der Waals surface area contributed by atoms with Crippen molar-refractivity contribution in [3.05, 3.63) is 0 Å². The fourth-order valence-electron chi connectivity index (χ4n) is 1.50. The number of amides is 1. The van der Waals surface area contributed by atoms with Crippen LogP contribution in [0, 0.1) is 5.92 Å².